The number of amides is 1. The molecule has 0 unspecified atom stereocenters. The predicted octanol–water partition coefficient (Wildman–Crippen LogP) is 3.93. The Bertz CT molecular complexity index is 1190. The third kappa shape index (κ3) is 3.06. The Labute approximate surface area is 160 Å². The van der Waals surface area contributed by atoms with Gasteiger partial charge in [-0.05, 0) is 38.1 Å². The highest BCUT2D eigenvalue weighted by atomic mass is 32.1. The number of aryl methyl sites for hydroxylation is 1. The van der Waals surface area contributed by atoms with Crippen molar-refractivity contribution in [2.24, 2.45) is 5.10 Å². The summed E-state index contributed by atoms with van der Waals surface area (Å²) in [4.78, 5) is 16.6. The molecule has 2 aromatic carbocycles. The van der Waals surface area contributed by atoms with Gasteiger partial charge in [0.2, 0.25) is 0 Å². The SMILES string of the molecule is CCn1c(C)c(/C=N\NC(=O)c2ccc3nc(N)sc3c2)c2ccccc21. The van der Waals surface area contributed by atoms with Crippen molar-refractivity contribution in [3.63, 3.8) is 0 Å². The molecule has 0 aliphatic rings. The zero-order valence-electron chi connectivity index (χ0n) is 15.1. The lowest BCUT2D eigenvalue weighted by atomic mass is 10.1. The monoisotopic (exact) mass is 377 g/mol. The molecule has 0 aliphatic heterocycles. The van der Waals surface area contributed by atoms with Crippen LogP contribution in [0.3, 0.4) is 0 Å². The molecule has 2 heterocycles. The van der Waals surface area contributed by atoms with E-state index in [2.05, 4.69) is 46.1 Å². The fourth-order valence-electron chi connectivity index (χ4n) is 3.33. The maximum atomic E-state index is 12.4. The molecule has 0 aliphatic carbocycles. The maximum absolute atomic E-state index is 12.4. The number of nitrogens with zero attached hydrogens (tertiary/aromatic N) is 3. The molecule has 0 atom stereocenters. The summed E-state index contributed by atoms with van der Waals surface area (Å²) in [5.74, 6) is -0.267. The lowest BCUT2D eigenvalue weighted by molar-refractivity contribution is 0.0955. The highest BCUT2D eigenvalue weighted by Crippen LogP contribution is 2.25. The molecule has 0 fully saturated rings. The van der Waals surface area contributed by atoms with Gasteiger partial charge in [-0.2, -0.15) is 5.10 Å². The van der Waals surface area contributed by atoms with Crippen LogP contribution in [0.5, 0.6) is 0 Å². The molecule has 7 heteroatoms. The van der Waals surface area contributed by atoms with Crippen LogP contribution in [-0.4, -0.2) is 21.7 Å². The summed E-state index contributed by atoms with van der Waals surface area (Å²) in [7, 11) is 0. The average molecular weight is 377 g/mol. The lowest BCUT2D eigenvalue weighted by Crippen LogP contribution is -2.17. The van der Waals surface area contributed by atoms with Gasteiger partial charge in [0.1, 0.15) is 0 Å². The number of carbonyl (C=O) groups excluding carboxylic acids is 1. The molecule has 6 nitrogen and oxygen atoms in total. The van der Waals surface area contributed by atoms with Crippen molar-refractivity contribution in [1.82, 2.24) is 15.0 Å². The molecule has 1 amide bonds. The molecule has 4 rings (SSSR count). The largest absolute Gasteiger partial charge is 0.375 e. The van der Waals surface area contributed by atoms with E-state index in [4.69, 9.17) is 5.73 Å². The van der Waals surface area contributed by atoms with Crippen molar-refractivity contribution >= 4 is 49.7 Å². The van der Waals surface area contributed by atoms with Gasteiger partial charge in [-0.25, -0.2) is 10.4 Å². The molecule has 0 spiro atoms. The second-order valence-corrected chi connectivity index (χ2v) is 7.26. The molecule has 0 bridgehead atoms. The van der Waals surface area contributed by atoms with E-state index >= 15 is 0 Å². The number of thiazole rings is 1. The van der Waals surface area contributed by atoms with E-state index in [1.165, 1.54) is 16.9 Å². The van der Waals surface area contributed by atoms with E-state index < -0.39 is 0 Å². The van der Waals surface area contributed by atoms with Crippen LogP contribution in [0.2, 0.25) is 0 Å². The summed E-state index contributed by atoms with van der Waals surface area (Å²) in [6.07, 6.45) is 1.71. The number of nitrogens with two attached hydrogens (primary N) is 1. The minimum atomic E-state index is -0.267. The van der Waals surface area contributed by atoms with Gasteiger partial charge in [0.25, 0.3) is 5.91 Å². The van der Waals surface area contributed by atoms with Crippen molar-refractivity contribution in [1.29, 1.82) is 0 Å². The van der Waals surface area contributed by atoms with Crippen molar-refractivity contribution in [3.8, 4) is 0 Å². The zero-order chi connectivity index (χ0) is 19.0. The first-order valence-corrected chi connectivity index (χ1v) is 9.47. The lowest BCUT2D eigenvalue weighted by Gasteiger charge is -2.03. The number of nitrogen functional groups attached to an aromatic ring is 1. The predicted molar refractivity (Wildman–Crippen MR) is 111 cm³/mol. The number of fused-ring (bicyclic) bond motifs is 2. The van der Waals surface area contributed by atoms with E-state index in [1.807, 2.05) is 12.1 Å². The van der Waals surface area contributed by atoms with Crippen LogP contribution in [0.1, 0.15) is 28.5 Å². The number of hydrogen-bond donors (Lipinski definition) is 2. The third-order valence-electron chi connectivity index (χ3n) is 4.62. The fourth-order valence-corrected chi connectivity index (χ4v) is 4.11. The first kappa shape index (κ1) is 17.2. The van der Waals surface area contributed by atoms with E-state index in [9.17, 15) is 4.79 Å². The fraction of sp³-hybridized carbons (Fsp3) is 0.150. The zero-order valence-corrected chi connectivity index (χ0v) is 15.9. The topological polar surface area (TPSA) is 85.3 Å². The smallest absolute Gasteiger partial charge is 0.271 e. The van der Waals surface area contributed by atoms with Crippen molar-refractivity contribution in [3.05, 3.63) is 59.3 Å². The number of nitrogens with one attached hydrogen (secondary N) is 1. The second-order valence-electron chi connectivity index (χ2n) is 6.19. The summed E-state index contributed by atoms with van der Waals surface area (Å²) in [6, 6.07) is 13.5. The van der Waals surface area contributed by atoms with Crippen LogP contribution < -0.4 is 11.2 Å². The summed E-state index contributed by atoms with van der Waals surface area (Å²) in [5.41, 5.74) is 12.9. The van der Waals surface area contributed by atoms with Gasteiger partial charge in [0.15, 0.2) is 5.13 Å². The molecule has 136 valence electrons. The highest BCUT2D eigenvalue weighted by Gasteiger charge is 2.12. The second kappa shape index (κ2) is 6.85. The van der Waals surface area contributed by atoms with Crippen LogP contribution in [0.15, 0.2) is 47.6 Å². The Hall–Kier alpha value is -3.19. The number of benzene rings is 2. The molecule has 2 aromatic heterocycles. The molecule has 0 radical (unpaired) electrons. The summed E-state index contributed by atoms with van der Waals surface area (Å²) in [6.45, 7) is 5.06. The number of para-hydroxylation sites is 1. The summed E-state index contributed by atoms with van der Waals surface area (Å²) < 4.78 is 3.12. The number of hydrazone groups is 1. The Kier molecular flexibility index (Phi) is 4.37. The number of aromatic nitrogens is 2. The van der Waals surface area contributed by atoms with Gasteiger partial charge in [-0.1, -0.05) is 29.5 Å². The highest BCUT2D eigenvalue weighted by molar-refractivity contribution is 7.22. The van der Waals surface area contributed by atoms with Crippen molar-refractivity contribution < 1.29 is 4.79 Å². The number of carbonyl (C=O) groups is 1. The van der Waals surface area contributed by atoms with Crippen LogP contribution in [-0.2, 0) is 6.54 Å². The van der Waals surface area contributed by atoms with Gasteiger partial charge in [0, 0.05) is 34.3 Å². The maximum Gasteiger partial charge on any atom is 0.271 e. The molecule has 0 saturated heterocycles. The van der Waals surface area contributed by atoms with Gasteiger partial charge in [-0.15, -0.1) is 0 Å². The minimum Gasteiger partial charge on any atom is -0.375 e. The minimum absolute atomic E-state index is 0.267. The van der Waals surface area contributed by atoms with Gasteiger partial charge < -0.3 is 10.3 Å². The molecule has 0 saturated carbocycles. The molecule has 4 aromatic rings. The van der Waals surface area contributed by atoms with Crippen LogP contribution in [0.25, 0.3) is 21.1 Å². The first-order valence-electron chi connectivity index (χ1n) is 8.65. The normalized spacial score (nSPS) is 11.6. The van der Waals surface area contributed by atoms with E-state index in [1.54, 1.807) is 24.4 Å². The summed E-state index contributed by atoms with van der Waals surface area (Å²) >= 11 is 1.36. The van der Waals surface area contributed by atoms with Gasteiger partial charge in [-0.3, -0.25) is 4.79 Å². The molecule has 3 N–H and O–H groups in total. The Morgan fingerprint density at radius 3 is 2.96 bits per heavy atom. The standard InChI is InChI=1S/C20H19N5OS/c1-3-25-12(2)15(14-6-4-5-7-17(14)25)11-22-24-19(26)13-8-9-16-18(10-13)27-20(21)23-16/h4-11H,3H2,1-2H3,(H2,21,23)(H,24,26)/b22-11-. The van der Waals surface area contributed by atoms with Crippen LogP contribution >= 0.6 is 11.3 Å². The molecule has 27 heavy (non-hydrogen) atoms. The van der Waals surface area contributed by atoms with Crippen molar-refractivity contribution in [2.75, 3.05) is 5.73 Å². The van der Waals surface area contributed by atoms with Crippen LogP contribution in [0.4, 0.5) is 5.13 Å². The van der Waals surface area contributed by atoms with Gasteiger partial charge in [0.05, 0.1) is 16.4 Å². The number of anilines is 1. The first-order chi connectivity index (χ1) is 13.1. The number of hydrogen-bond acceptors (Lipinski definition) is 5. The third-order valence-corrected chi connectivity index (χ3v) is 5.47. The van der Waals surface area contributed by atoms with Crippen molar-refractivity contribution in [2.45, 2.75) is 20.4 Å². The Morgan fingerprint density at radius 2 is 2.15 bits per heavy atom. The Morgan fingerprint density at radius 1 is 1.33 bits per heavy atom. The quantitative estimate of drug-likeness (QED) is 0.417. The average Bonchev–Trinajstić information content (AvgIpc) is 3.17. The van der Waals surface area contributed by atoms with Gasteiger partial charge >= 0.3 is 0 Å². The van der Waals surface area contributed by atoms with E-state index in [0.717, 1.165) is 33.4 Å². The van der Waals surface area contributed by atoms with Crippen LogP contribution in [0, 0.1) is 6.92 Å². The van der Waals surface area contributed by atoms with E-state index in [-0.39, 0.29) is 5.91 Å². The Balaban J connectivity index is 1.59. The molecular weight excluding hydrogens is 358 g/mol. The summed E-state index contributed by atoms with van der Waals surface area (Å²) in [5, 5.41) is 5.80. The molecular formula is C20H19N5OS. The number of rotatable bonds is 4. The van der Waals surface area contributed by atoms with E-state index in [0.29, 0.717) is 10.7 Å².